The van der Waals surface area contributed by atoms with E-state index in [-0.39, 0.29) is 31.8 Å². The van der Waals surface area contributed by atoms with Crippen LogP contribution in [0.3, 0.4) is 0 Å². The Hall–Kier alpha value is -2.44. The number of halogens is 2. The first-order chi connectivity index (χ1) is 12.9. The average Bonchev–Trinajstić information content (AvgIpc) is 2.61. The maximum atomic E-state index is 13.5. The first-order valence-corrected chi connectivity index (χ1v) is 9.00. The number of rotatable bonds is 7. The number of aliphatic hydroxyl groups excluding tert-OH is 1. The molecule has 2 aromatic rings. The van der Waals surface area contributed by atoms with E-state index in [9.17, 15) is 14.0 Å². The molecular weight excluding hydrogens is 371 g/mol. The van der Waals surface area contributed by atoms with E-state index in [1.54, 1.807) is 6.07 Å². The van der Waals surface area contributed by atoms with Crippen LogP contribution in [0.4, 0.5) is 10.1 Å². The number of carbonyl (C=O) groups is 2. The predicted molar refractivity (Wildman–Crippen MR) is 103 cm³/mol. The van der Waals surface area contributed by atoms with Crippen LogP contribution in [0.2, 0.25) is 5.02 Å². The molecule has 0 aliphatic rings. The highest BCUT2D eigenvalue weighted by Crippen LogP contribution is 2.17. The monoisotopic (exact) mass is 392 g/mol. The quantitative estimate of drug-likeness (QED) is 0.712. The van der Waals surface area contributed by atoms with Gasteiger partial charge in [-0.2, -0.15) is 0 Å². The lowest BCUT2D eigenvalue weighted by molar-refractivity contribution is -0.137. The van der Waals surface area contributed by atoms with Crippen LogP contribution >= 0.6 is 11.6 Å². The zero-order valence-corrected chi connectivity index (χ0v) is 15.8. The molecule has 0 radical (unpaired) electrons. The van der Waals surface area contributed by atoms with Gasteiger partial charge < -0.3 is 15.3 Å². The Bertz CT molecular complexity index is 793. The maximum absolute atomic E-state index is 13.5. The molecule has 0 bridgehead atoms. The van der Waals surface area contributed by atoms with Crippen molar-refractivity contribution in [2.24, 2.45) is 0 Å². The highest BCUT2D eigenvalue weighted by molar-refractivity contribution is 6.40. The fourth-order valence-electron chi connectivity index (χ4n) is 2.70. The molecule has 2 N–H and O–H groups in total. The average molecular weight is 393 g/mol. The first-order valence-electron chi connectivity index (χ1n) is 8.63. The molecule has 0 heterocycles. The van der Waals surface area contributed by atoms with Crippen molar-refractivity contribution in [2.75, 3.05) is 24.6 Å². The van der Waals surface area contributed by atoms with Crippen LogP contribution in [-0.4, -0.2) is 36.6 Å². The van der Waals surface area contributed by atoms with E-state index in [1.807, 2.05) is 25.1 Å². The molecule has 0 unspecified atom stereocenters. The lowest BCUT2D eigenvalue weighted by atomic mass is 10.1. The third-order valence-electron chi connectivity index (χ3n) is 3.90. The molecule has 7 heteroatoms. The molecule has 144 valence electrons. The highest BCUT2D eigenvalue weighted by Gasteiger charge is 2.23. The van der Waals surface area contributed by atoms with E-state index in [0.717, 1.165) is 16.0 Å². The van der Waals surface area contributed by atoms with Gasteiger partial charge in [0.05, 0.1) is 0 Å². The largest absolute Gasteiger partial charge is 0.396 e. The molecule has 2 amide bonds. The second kappa shape index (κ2) is 10.0. The summed E-state index contributed by atoms with van der Waals surface area (Å²) in [6, 6.07) is 11.0. The molecule has 0 aromatic heterocycles. The molecule has 0 atom stereocenters. The second-order valence-corrected chi connectivity index (χ2v) is 6.59. The number of anilines is 1. The fourth-order valence-corrected chi connectivity index (χ4v) is 3.01. The smallest absolute Gasteiger partial charge is 0.316 e. The summed E-state index contributed by atoms with van der Waals surface area (Å²) in [5.74, 6) is -2.08. The summed E-state index contributed by atoms with van der Waals surface area (Å²) in [6.45, 7) is 2.16. The van der Waals surface area contributed by atoms with Crippen LogP contribution in [0.25, 0.3) is 0 Å². The zero-order chi connectivity index (χ0) is 19.8. The molecule has 0 fully saturated rings. The van der Waals surface area contributed by atoms with Crippen molar-refractivity contribution >= 4 is 29.1 Å². The first kappa shape index (κ1) is 20.9. The molecular formula is C20H22ClFN2O3. The summed E-state index contributed by atoms with van der Waals surface area (Å²) in [5, 5.41) is 12.2. The summed E-state index contributed by atoms with van der Waals surface area (Å²) in [7, 11) is 0. The van der Waals surface area contributed by atoms with E-state index >= 15 is 0 Å². The molecule has 0 saturated heterocycles. The van der Waals surface area contributed by atoms with E-state index < -0.39 is 17.6 Å². The minimum absolute atomic E-state index is 0.111. The maximum Gasteiger partial charge on any atom is 0.316 e. The molecule has 2 rings (SSSR count). The van der Waals surface area contributed by atoms with Gasteiger partial charge >= 0.3 is 11.8 Å². The molecule has 2 aromatic carbocycles. The summed E-state index contributed by atoms with van der Waals surface area (Å²) in [4.78, 5) is 25.9. The third kappa shape index (κ3) is 6.34. The van der Waals surface area contributed by atoms with Gasteiger partial charge in [-0.1, -0.05) is 23.7 Å². The third-order valence-corrected chi connectivity index (χ3v) is 4.12. The Balaban J connectivity index is 2.00. The Morgan fingerprint density at radius 3 is 2.67 bits per heavy atom. The number of nitrogens with one attached hydrogen (secondary N) is 1. The van der Waals surface area contributed by atoms with Gasteiger partial charge in [-0.05, 0) is 61.2 Å². The van der Waals surface area contributed by atoms with Gasteiger partial charge in [-0.3, -0.25) is 9.59 Å². The number of benzene rings is 2. The van der Waals surface area contributed by atoms with Crippen molar-refractivity contribution in [3.63, 3.8) is 0 Å². The van der Waals surface area contributed by atoms with Gasteiger partial charge in [0.15, 0.2) is 0 Å². The summed E-state index contributed by atoms with van der Waals surface area (Å²) in [6.07, 6.45) is 0.800. The van der Waals surface area contributed by atoms with Gasteiger partial charge in [-0.25, -0.2) is 4.39 Å². The zero-order valence-electron chi connectivity index (χ0n) is 15.0. The number of amides is 2. The SMILES string of the molecule is Cc1cc(Cl)cc(CCNC(=O)C(=O)N(CCCO)c2cccc(F)c2)c1. The lowest BCUT2D eigenvalue weighted by Crippen LogP contribution is -2.44. The molecule has 27 heavy (non-hydrogen) atoms. The van der Waals surface area contributed by atoms with Crippen molar-refractivity contribution in [1.29, 1.82) is 0 Å². The molecule has 0 spiro atoms. The Morgan fingerprint density at radius 1 is 1.22 bits per heavy atom. The van der Waals surface area contributed by atoms with Gasteiger partial charge in [0.1, 0.15) is 5.82 Å². The fraction of sp³-hybridized carbons (Fsp3) is 0.300. The van der Waals surface area contributed by atoms with Crippen LogP contribution in [0, 0.1) is 12.7 Å². The molecule has 0 aliphatic heterocycles. The van der Waals surface area contributed by atoms with Crippen LogP contribution < -0.4 is 10.2 Å². The topological polar surface area (TPSA) is 69.6 Å². The number of hydrogen-bond acceptors (Lipinski definition) is 3. The number of hydrogen-bond donors (Lipinski definition) is 2. The molecule has 0 saturated carbocycles. The predicted octanol–water partition coefficient (Wildman–Crippen LogP) is 2.86. The Labute approximate surface area is 162 Å². The van der Waals surface area contributed by atoms with Crippen molar-refractivity contribution in [3.8, 4) is 0 Å². The molecule has 0 aliphatic carbocycles. The van der Waals surface area contributed by atoms with Crippen LogP contribution in [0.1, 0.15) is 17.5 Å². The van der Waals surface area contributed by atoms with Crippen molar-refractivity contribution < 1.29 is 19.1 Å². The van der Waals surface area contributed by atoms with E-state index in [1.165, 1.54) is 18.2 Å². The van der Waals surface area contributed by atoms with Crippen LogP contribution in [0.5, 0.6) is 0 Å². The lowest BCUT2D eigenvalue weighted by Gasteiger charge is -2.22. The van der Waals surface area contributed by atoms with Crippen LogP contribution in [-0.2, 0) is 16.0 Å². The van der Waals surface area contributed by atoms with Gasteiger partial charge in [0, 0.05) is 30.4 Å². The summed E-state index contributed by atoms with van der Waals surface area (Å²) < 4.78 is 13.5. The Kier molecular flexibility index (Phi) is 7.76. The van der Waals surface area contributed by atoms with E-state index in [2.05, 4.69) is 5.32 Å². The number of aryl methyl sites for hydroxylation is 1. The summed E-state index contributed by atoms with van der Waals surface area (Å²) in [5.41, 5.74) is 2.24. The van der Waals surface area contributed by atoms with Crippen molar-refractivity contribution in [2.45, 2.75) is 19.8 Å². The van der Waals surface area contributed by atoms with E-state index in [0.29, 0.717) is 11.4 Å². The molecule has 5 nitrogen and oxygen atoms in total. The van der Waals surface area contributed by atoms with Gasteiger partial charge in [-0.15, -0.1) is 0 Å². The second-order valence-electron chi connectivity index (χ2n) is 6.16. The minimum atomic E-state index is -0.795. The normalized spacial score (nSPS) is 10.5. The van der Waals surface area contributed by atoms with Gasteiger partial charge in [0.25, 0.3) is 0 Å². The van der Waals surface area contributed by atoms with Crippen molar-refractivity contribution in [3.05, 3.63) is 64.4 Å². The minimum Gasteiger partial charge on any atom is -0.396 e. The Morgan fingerprint density at radius 2 is 2.00 bits per heavy atom. The number of aliphatic hydroxyl groups is 1. The standard InChI is InChI=1S/C20H22ClFN2O3/c1-14-10-15(12-16(21)11-14)6-7-23-19(26)20(27)24(8-3-9-25)18-5-2-4-17(22)13-18/h2,4-5,10-13,25H,3,6-9H2,1H3,(H,23,26). The van der Waals surface area contributed by atoms with E-state index in [4.69, 9.17) is 16.7 Å². The number of carbonyl (C=O) groups excluding carboxylic acids is 2. The summed E-state index contributed by atoms with van der Waals surface area (Å²) >= 11 is 6.01. The number of nitrogens with zero attached hydrogens (tertiary/aromatic N) is 1. The van der Waals surface area contributed by atoms with Gasteiger partial charge in [0.2, 0.25) is 0 Å². The van der Waals surface area contributed by atoms with Crippen LogP contribution in [0.15, 0.2) is 42.5 Å². The van der Waals surface area contributed by atoms with Crippen molar-refractivity contribution in [1.82, 2.24) is 5.32 Å². The highest BCUT2D eigenvalue weighted by atomic mass is 35.5.